The van der Waals surface area contributed by atoms with Crippen LogP contribution in [0.25, 0.3) is 17.2 Å². The Kier molecular flexibility index (Phi) is 3.28. The summed E-state index contributed by atoms with van der Waals surface area (Å²) < 4.78 is 38.6. The van der Waals surface area contributed by atoms with Gasteiger partial charge in [-0.1, -0.05) is 42.0 Å². The Morgan fingerprint density at radius 3 is 2.48 bits per heavy atom. The van der Waals surface area contributed by atoms with Crippen molar-refractivity contribution in [1.29, 1.82) is 0 Å². The fourth-order valence-electron chi connectivity index (χ4n) is 2.67. The molecule has 2 aromatic carbocycles. The van der Waals surface area contributed by atoms with E-state index in [1.54, 1.807) is 6.07 Å². The van der Waals surface area contributed by atoms with Crippen molar-refractivity contribution in [2.45, 2.75) is 18.6 Å². The summed E-state index contributed by atoms with van der Waals surface area (Å²) in [4.78, 5) is 0. The van der Waals surface area contributed by atoms with E-state index < -0.39 is 11.7 Å². The third-order valence-corrected chi connectivity index (χ3v) is 4.55. The molecule has 1 aliphatic carbocycles. The first-order chi connectivity index (χ1) is 9.88. The van der Waals surface area contributed by atoms with Crippen molar-refractivity contribution in [3.05, 3.63) is 64.7 Å². The summed E-state index contributed by atoms with van der Waals surface area (Å²) in [7, 11) is 3.66. The second kappa shape index (κ2) is 4.88. The number of halogens is 3. The van der Waals surface area contributed by atoms with Gasteiger partial charge in [0.15, 0.2) is 0 Å². The van der Waals surface area contributed by atoms with Gasteiger partial charge in [-0.15, -0.1) is 0 Å². The zero-order valence-electron chi connectivity index (χ0n) is 11.3. The molecular formula is C17H12F3Si. The lowest BCUT2D eigenvalue weighted by atomic mass is 9.96. The van der Waals surface area contributed by atoms with Crippen LogP contribution in [0.4, 0.5) is 13.2 Å². The lowest BCUT2D eigenvalue weighted by molar-refractivity contribution is -0.137. The van der Waals surface area contributed by atoms with Gasteiger partial charge in [-0.2, -0.15) is 13.2 Å². The van der Waals surface area contributed by atoms with Crippen LogP contribution < -0.4 is 0 Å². The molecule has 3 radical (unpaired) electrons. The molecule has 1 aliphatic rings. The van der Waals surface area contributed by atoms with E-state index in [9.17, 15) is 13.2 Å². The molecule has 2 aromatic rings. The maximum Gasteiger partial charge on any atom is 0.416 e. The lowest BCUT2D eigenvalue weighted by Crippen LogP contribution is -2.04. The number of fused-ring (bicyclic) bond motifs is 1. The summed E-state index contributed by atoms with van der Waals surface area (Å²) in [6.07, 6.45) is -2.29. The molecule has 0 saturated heterocycles. The first-order valence-electron chi connectivity index (χ1n) is 6.58. The van der Waals surface area contributed by atoms with Gasteiger partial charge in [0.05, 0.1) is 5.56 Å². The average Bonchev–Trinajstić information content (AvgIpc) is 2.74. The third kappa shape index (κ3) is 2.44. The van der Waals surface area contributed by atoms with Gasteiger partial charge in [-0.05, 0) is 46.9 Å². The molecule has 0 N–H and O–H groups in total. The molecule has 21 heavy (non-hydrogen) atoms. The molecule has 0 aliphatic heterocycles. The molecule has 0 amide bonds. The fraction of sp³-hybridized carbons (Fsp3) is 0.176. The Labute approximate surface area is 124 Å². The maximum absolute atomic E-state index is 12.9. The van der Waals surface area contributed by atoms with Gasteiger partial charge in [-0.25, -0.2) is 0 Å². The van der Waals surface area contributed by atoms with Crippen LogP contribution in [0.3, 0.4) is 0 Å². The van der Waals surface area contributed by atoms with E-state index in [4.69, 9.17) is 0 Å². The first kappa shape index (κ1) is 14.1. The summed E-state index contributed by atoms with van der Waals surface area (Å²) in [6.45, 7) is 2.01. The van der Waals surface area contributed by atoms with Gasteiger partial charge in [0.25, 0.3) is 0 Å². The molecule has 105 valence electrons. The van der Waals surface area contributed by atoms with Crippen molar-refractivity contribution in [3.63, 3.8) is 0 Å². The summed E-state index contributed by atoms with van der Waals surface area (Å²) in [5, 5.41) is 0. The van der Waals surface area contributed by atoms with Crippen LogP contribution in [0.15, 0.2) is 48.0 Å². The summed E-state index contributed by atoms with van der Waals surface area (Å²) >= 11 is 0. The Balaban J connectivity index is 2.16. The van der Waals surface area contributed by atoms with Crippen molar-refractivity contribution in [2.75, 3.05) is 0 Å². The van der Waals surface area contributed by atoms with E-state index in [0.717, 1.165) is 28.3 Å². The van der Waals surface area contributed by atoms with E-state index >= 15 is 0 Å². The monoisotopic (exact) mass is 301 g/mol. The van der Waals surface area contributed by atoms with Gasteiger partial charge in [0.1, 0.15) is 0 Å². The van der Waals surface area contributed by atoms with E-state index in [1.807, 2.05) is 31.2 Å². The van der Waals surface area contributed by atoms with E-state index in [2.05, 4.69) is 10.2 Å². The highest BCUT2D eigenvalue weighted by molar-refractivity contribution is 6.16. The Bertz CT molecular complexity index is 729. The molecule has 0 aromatic heterocycles. The Morgan fingerprint density at radius 2 is 1.76 bits per heavy atom. The minimum atomic E-state index is -4.32. The third-order valence-electron chi connectivity index (χ3n) is 3.78. The molecule has 0 spiro atoms. The van der Waals surface area contributed by atoms with Crippen LogP contribution in [-0.4, -0.2) is 10.2 Å². The number of hydrogen-bond donors (Lipinski definition) is 0. The van der Waals surface area contributed by atoms with Crippen LogP contribution in [0.5, 0.6) is 0 Å². The normalized spacial score (nSPS) is 17.6. The SMILES string of the molecule is CC1=Cc2c(-c3cccc(C(F)(F)F)c3)cccc2C1[Si]. The van der Waals surface area contributed by atoms with Crippen LogP contribution in [0.1, 0.15) is 29.2 Å². The molecule has 1 atom stereocenters. The zero-order chi connectivity index (χ0) is 15.2. The van der Waals surface area contributed by atoms with Gasteiger partial charge in [0, 0.05) is 10.2 Å². The zero-order valence-corrected chi connectivity index (χ0v) is 12.3. The van der Waals surface area contributed by atoms with E-state index in [1.165, 1.54) is 12.1 Å². The molecule has 0 saturated carbocycles. The van der Waals surface area contributed by atoms with E-state index in [0.29, 0.717) is 5.56 Å². The van der Waals surface area contributed by atoms with Gasteiger partial charge >= 0.3 is 6.18 Å². The number of rotatable bonds is 1. The second-order valence-electron chi connectivity index (χ2n) is 5.21. The molecule has 3 rings (SSSR count). The predicted molar refractivity (Wildman–Crippen MR) is 79.0 cm³/mol. The van der Waals surface area contributed by atoms with Crippen molar-refractivity contribution >= 4 is 16.3 Å². The number of hydrogen-bond acceptors (Lipinski definition) is 0. The van der Waals surface area contributed by atoms with Crippen molar-refractivity contribution in [2.24, 2.45) is 0 Å². The topological polar surface area (TPSA) is 0 Å². The number of alkyl halides is 3. The molecular weight excluding hydrogens is 289 g/mol. The summed E-state index contributed by atoms with van der Waals surface area (Å²) in [5.74, 6) is 0. The number of allylic oxidation sites excluding steroid dienone is 1. The van der Waals surface area contributed by atoms with Crippen LogP contribution in [-0.2, 0) is 6.18 Å². The fourth-order valence-corrected chi connectivity index (χ4v) is 3.00. The first-order valence-corrected chi connectivity index (χ1v) is 7.15. The molecule has 0 bridgehead atoms. The van der Waals surface area contributed by atoms with Crippen molar-refractivity contribution in [3.8, 4) is 11.1 Å². The van der Waals surface area contributed by atoms with Crippen molar-refractivity contribution in [1.82, 2.24) is 0 Å². The molecule has 0 fully saturated rings. The lowest BCUT2D eigenvalue weighted by Gasteiger charge is -2.13. The van der Waals surface area contributed by atoms with Crippen LogP contribution in [0, 0.1) is 0 Å². The molecule has 0 nitrogen and oxygen atoms in total. The second-order valence-corrected chi connectivity index (χ2v) is 5.79. The van der Waals surface area contributed by atoms with Crippen LogP contribution in [0.2, 0.25) is 0 Å². The van der Waals surface area contributed by atoms with Gasteiger partial charge < -0.3 is 0 Å². The molecule has 1 unspecified atom stereocenters. The maximum atomic E-state index is 12.9. The predicted octanol–water partition coefficient (Wildman–Crippen LogP) is 5.00. The molecule has 4 heteroatoms. The number of benzene rings is 2. The highest BCUT2D eigenvalue weighted by atomic mass is 28.1. The van der Waals surface area contributed by atoms with E-state index in [-0.39, 0.29) is 5.54 Å². The summed E-state index contributed by atoms with van der Waals surface area (Å²) in [6, 6.07) is 11.2. The summed E-state index contributed by atoms with van der Waals surface area (Å²) in [5.41, 5.74) is 4.18. The smallest absolute Gasteiger partial charge is 0.166 e. The largest absolute Gasteiger partial charge is 0.416 e. The van der Waals surface area contributed by atoms with Crippen molar-refractivity contribution < 1.29 is 13.2 Å². The minimum absolute atomic E-state index is 0.130. The van der Waals surface area contributed by atoms with Gasteiger partial charge in [-0.3, -0.25) is 0 Å². The van der Waals surface area contributed by atoms with Crippen LogP contribution >= 0.6 is 0 Å². The quantitative estimate of drug-likeness (QED) is 0.650. The Morgan fingerprint density at radius 1 is 1.05 bits per heavy atom. The minimum Gasteiger partial charge on any atom is -0.166 e. The average molecular weight is 301 g/mol. The highest BCUT2D eigenvalue weighted by Gasteiger charge is 2.30. The Hall–Kier alpha value is -1.81. The standard InChI is InChI=1S/C17H12F3Si/c1-10-8-15-13(6-3-7-14(15)16(10)21)11-4-2-5-12(9-11)17(18,19)20/h2-9,16H,1H3. The highest BCUT2D eigenvalue weighted by Crippen LogP contribution is 2.40. The molecule has 0 heterocycles. The van der Waals surface area contributed by atoms with Gasteiger partial charge in [0.2, 0.25) is 0 Å².